The van der Waals surface area contributed by atoms with E-state index >= 15 is 0 Å². The van der Waals surface area contributed by atoms with Gasteiger partial charge in [-0.3, -0.25) is 4.90 Å². The monoisotopic (exact) mass is 430 g/mol. The smallest absolute Gasteiger partial charge is 0.221 e. The zero-order chi connectivity index (χ0) is 22.2. The van der Waals surface area contributed by atoms with Crippen LogP contribution in [0.2, 0.25) is 0 Å². The molecule has 1 aromatic heterocycles. The van der Waals surface area contributed by atoms with E-state index in [2.05, 4.69) is 20.8 Å². The minimum Gasteiger partial charge on any atom is -0.492 e. The second kappa shape index (κ2) is 10.6. The summed E-state index contributed by atoms with van der Waals surface area (Å²) in [6.45, 7) is 5.27. The molecule has 0 radical (unpaired) electrons. The molecule has 2 aromatic carbocycles. The van der Waals surface area contributed by atoms with Crippen LogP contribution >= 0.6 is 0 Å². The summed E-state index contributed by atoms with van der Waals surface area (Å²) in [5, 5.41) is 0. The molecule has 0 atom stereocenters. The van der Waals surface area contributed by atoms with Gasteiger partial charge in [0.15, 0.2) is 0 Å². The van der Waals surface area contributed by atoms with Gasteiger partial charge in [-0.2, -0.15) is 0 Å². The predicted octanol–water partition coefficient (Wildman–Crippen LogP) is 3.12. The van der Waals surface area contributed by atoms with Gasteiger partial charge in [-0.05, 0) is 54.6 Å². The van der Waals surface area contributed by atoms with E-state index in [1.807, 2.05) is 54.6 Å². The molecular formula is C25H26N4O3. The van der Waals surface area contributed by atoms with Gasteiger partial charge in [-0.25, -0.2) is 9.97 Å². The Morgan fingerprint density at radius 2 is 1.47 bits per heavy atom. The third kappa shape index (κ3) is 5.76. The van der Waals surface area contributed by atoms with E-state index in [-0.39, 0.29) is 12.6 Å². The number of nitrogens with two attached hydrogens (primary N) is 1. The molecule has 7 nitrogen and oxygen atoms in total. The van der Waals surface area contributed by atoms with Gasteiger partial charge in [0.25, 0.3) is 0 Å². The van der Waals surface area contributed by atoms with E-state index in [1.165, 1.54) is 0 Å². The summed E-state index contributed by atoms with van der Waals surface area (Å²) >= 11 is 0. The van der Waals surface area contributed by atoms with E-state index in [4.69, 9.17) is 26.4 Å². The quantitative estimate of drug-likeness (QED) is 0.550. The molecule has 4 rings (SSSR count). The summed E-state index contributed by atoms with van der Waals surface area (Å²) < 4.78 is 16.7. The van der Waals surface area contributed by atoms with Gasteiger partial charge >= 0.3 is 0 Å². The third-order valence-corrected chi connectivity index (χ3v) is 5.15. The highest BCUT2D eigenvalue weighted by Crippen LogP contribution is 2.27. The van der Waals surface area contributed by atoms with Gasteiger partial charge in [0, 0.05) is 30.8 Å². The first kappa shape index (κ1) is 21.6. The Bertz CT molecular complexity index is 1060. The van der Waals surface area contributed by atoms with Gasteiger partial charge in [0.1, 0.15) is 24.7 Å². The predicted molar refractivity (Wildman–Crippen MR) is 124 cm³/mol. The number of aromatic nitrogens is 2. The number of nitrogen functional groups attached to an aromatic ring is 1. The molecule has 1 fully saturated rings. The Morgan fingerprint density at radius 1 is 0.906 bits per heavy atom. The highest BCUT2D eigenvalue weighted by atomic mass is 16.5. The number of rotatable bonds is 8. The van der Waals surface area contributed by atoms with Crippen LogP contribution in [0, 0.1) is 12.3 Å². The van der Waals surface area contributed by atoms with E-state index < -0.39 is 0 Å². The maximum absolute atomic E-state index is 5.99. The molecule has 7 heteroatoms. The van der Waals surface area contributed by atoms with Crippen molar-refractivity contribution in [3.63, 3.8) is 0 Å². The number of hydrogen-bond donors (Lipinski definition) is 1. The fraction of sp³-hybridized carbons (Fsp3) is 0.280. The number of hydrogen-bond acceptors (Lipinski definition) is 7. The molecule has 2 N–H and O–H groups in total. The Hall–Kier alpha value is -3.60. The molecule has 3 aromatic rings. The summed E-state index contributed by atoms with van der Waals surface area (Å²) in [6.07, 6.45) is 5.23. The zero-order valence-electron chi connectivity index (χ0n) is 17.9. The normalized spacial score (nSPS) is 14.0. The van der Waals surface area contributed by atoms with Crippen LogP contribution in [-0.4, -0.2) is 60.9 Å². The molecule has 0 unspecified atom stereocenters. The number of anilines is 1. The maximum Gasteiger partial charge on any atom is 0.221 e. The average molecular weight is 431 g/mol. The summed E-state index contributed by atoms with van der Waals surface area (Å²) in [6, 6.07) is 17.3. The minimum absolute atomic E-state index is 0.219. The van der Waals surface area contributed by atoms with Gasteiger partial charge in [0.2, 0.25) is 5.95 Å². The van der Waals surface area contributed by atoms with Crippen LogP contribution in [0.4, 0.5) is 5.95 Å². The van der Waals surface area contributed by atoms with E-state index in [0.29, 0.717) is 12.4 Å². The molecule has 32 heavy (non-hydrogen) atoms. The topological polar surface area (TPSA) is 82.7 Å². The Kier molecular flexibility index (Phi) is 7.18. The highest BCUT2D eigenvalue weighted by molar-refractivity contribution is 5.69. The molecule has 164 valence electrons. The molecule has 0 amide bonds. The van der Waals surface area contributed by atoms with Crippen molar-refractivity contribution >= 4 is 5.95 Å². The standard InChI is InChI=1S/C25H26N4O3/c1-2-14-31-21-7-3-19(4-8-21)23-18-24(28-25(26)27-23)20-5-9-22(10-6-20)32-17-13-29-11-15-30-16-12-29/h1,3-10,18H,11-17H2,(H2,26,27,28). The van der Waals surface area contributed by atoms with Gasteiger partial charge < -0.3 is 19.9 Å². The Balaban J connectivity index is 1.42. The third-order valence-electron chi connectivity index (χ3n) is 5.15. The van der Waals surface area contributed by atoms with Crippen molar-refractivity contribution in [3.05, 3.63) is 54.6 Å². The van der Waals surface area contributed by atoms with Crippen molar-refractivity contribution in [2.75, 3.05) is 51.8 Å². The first-order chi connectivity index (χ1) is 15.7. The van der Waals surface area contributed by atoms with E-state index in [0.717, 1.165) is 61.1 Å². The first-order valence-electron chi connectivity index (χ1n) is 10.6. The average Bonchev–Trinajstić information content (AvgIpc) is 2.84. The van der Waals surface area contributed by atoms with E-state index in [9.17, 15) is 0 Å². The second-order valence-corrected chi connectivity index (χ2v) is 7.34. The summed E-state index contributed by atoms with van der Waals surface area (Å²) in [4.78, 5) is 11.1. The first-order valence-corrected chi connectivity index (χ1v) is 10.6. The fourth-order valence-electron chi connectivity index (χ4n) is 3.45. The molecule has 1 saturated heterocycles. The van der Waals surface area contributed by atoms with Crippen LogP contribution in [0.15, 0.2) is 54.6 Å². The summed E-state index contributed by atoms with van der Waals surface area (Å²) in [7, 11) is 0. The van der Waals surface area contributed by atoms with E-state index in [1.54, 1.807) is 0 Å². The number of terminal acetylenes is 1. The molecular weight excluding hydrogens is 404 g/mol. The zero-order valence-corrected chi connectivity index (χ0v) is 17.9. The molecule has 0 saturated carbocycles. The minimum atomic E-state index is 0.219. The van der Waals surface area contributed by atoms with Gasteiger partial charge in [0.05, 0.1) is 24.6 Å². The van der Waals surface area contributed by atoms with Crippen LogP contribution in [0.1, 0.15) is 0 Å². The summed E-state index contributed by atoms with van der Waals surface area (Å²) in [5.74, 6) is 4.20. The van der Waals surface area contributed by atoms with Gasteiger partial charge in [-0.1, -0.05) is 5.92 Å². The fourth-order valence-corrected chi connectivity index (χ4v) is 3.45. The summed E-state index contributed by atoms with van der Waals surface area (Å²) in [5.41, 5.74) is 9.33. The molecule has 0 spiro atoms. The Morgan fingerprint density at radius 3 is 2.03 bits per heavy atom. The van der Waals surface area contributed by atoms with Crippen molar-refractivity contribution in [2.45, 2.75) is 0 Å². The lowest BCUT2D eigenvalue weighted by Crippen LogP contribution is -2.38. The van der Waals surface area contributed by atoms with Crippen LogP contribution in [0.5, 0.6) is 11.5 Å². The molecule has 2 heterocycles. The second-order valence-electron chi connectivity index (χ2n) is 7.34. The largest absolute Gasteiger partial charge is 0.492 e. The molecule has 0 aliphatic carbocycles. The van der Waals surface area contributed by atoms with Crippen molar-refractivity contribution in [2.24, 2.45) is 0 Å². The highest BCUT2D eigenvalue weighted by Gasteiger charge is 2.10. The van der Waals surface area contributed by atoms with Crippen molar-refractivity contribution in [1.82, 2.24) is 14.9 Å². The number of ether oxygens (including phenoxy) is 3. The van der Waals surface area contributed by atoms with Gasteiger partial charge in [-0.15, -0.1) is 6.42 Å². The lowest BCUT2D eigenvalue weighted by atomic mass is 10.1. The number of morpholine rings is 1. The van der Waals surface area contributed by atoms with Crippen molar-refractivity contribution in [3.8, 4) is 46.4 Å². The number of benzene rings is 2. The van der Waals surface area contributed by atoms with Crippen molar-refractivity contribution < 1.29 is 14.2 Å². The lowest BCUT2D eigenvalue weighted by Gasteiger charge is -2.26. The Labute approximate surface area is 188 Å². The SMILES string of the molecule is C#CCOc1ccc(-c2cc(-c3ccc(OCCN4CCOCC4)cc3)nc(N)n2)cc1. The molecule has 1 aliphatic heterocycles. The molecule has 0 bridgehead atoms. The maximum atomic E-state index is 5.99. The van der Waals surface area contributed by atoms with Crippen molar-refractivity contribution in [1.29, 1.82) is 0 Å². The van der Waals surface area contributed by atoms with Crippen LogP contribution in [-0.2, 0) is 4.74 Å². The van der Waals surface area contributed by atoms with Crippen LogP contribution in [0.3, 0.4) is 0 Å². The number of nitrogens with zero attached hydrogens (tertiary/aromatic N) is 3. The van der Waals surface area contributed by atoms with Crippen LogP contribution in [0.25, 0.3) is 22.5 Å². The lowest BCUT2D eigenvalue weighted by molar-refractivity contribution is 0.0322. The molecule has 1 aliphatic rings. The van der Waals surface area contributed by atoms with Crippen LogP contribution < -0.4 is 15.2 Å².